The van der Waals surface area contributed by atoms with Gasteiger partial charge in [0.1, 0.15) is 6.54 Å². The van der Waals surface area contributed by atoms with Crippen molar-refractivity contribution < 1.29 is 19.2 Å². The summed E-state index contributed by atoms with van der Waals surface area (Å²) < 4.78 is 7.96. The molecule has 0 radical (unpaired) electrons. The molecule has 25 heavy (non-hydrogen) atoms. The van der Waals surface area contributed by atoms with Gasteiger partial charge in [0.15, 0.2) is 0 Å². The van der Waals surface area contributed by atoms with Crippen LogP contribution in [0.3, 0.4) is 0 Å². The summed E-state index contributed by atoms with van der Waals surface area (Å²) >= 11 is 0. The first-order chi connectivity index (χ1) is 12.0. The molecule has 0 saturated carbocycles. The highest BCUT2D eigenvalue weighted by Crippen LogP contribution is 2.20. The predicted molar refractivity (Wildman–Crippen MR) is 94.7 cm³/mol. The van der Waals surface area contributed by atoms with Gasteiger partial charge in [-0.2, -0.15) is 0 Å². The first kappa shape index (κ1) is 18.1. The number of amides is 1. The molecule has 2 aliphatic heterocycles. The molecular weight excluding hydrogens is 318 g/mol. The standard InChI is InChI=1S/C19H29N3O3/c1-13-10-17(14(2)22(13)11-16-4-3-9-25-16)18(23)12-21-7-5-15(6-8-21)19(20)24/h10,15-16H,3-9,11-12H2,1-2H3,(H2,20,24)/p+1/t16-/m1/s1. The minimum absolute atomic E-state index is 0.0182. The van der Waals surface area contributed by atoms with E-state index in [-0.39, 0.29) is 23.7 Å². The van der Waals surface area contributed by atoms with Crippen LogP contribution in [0.5, 0.6) is 0 Å². The third-order valence-electron chi connectivity index (χ3n) is 5.79. The summed E-state index contributed by atoms with van der Waals surface area (Å²) in [6, 6.07) is 2.02. The smallest absolute Gasteiger partial charge is 0.220 e. The highest BCUT2D eigenvalue weighted by molar-refractivity contribution is 5.98. The normalized spacial score (nSPS) is 26.7. The molecule has 2 fully saturated rings. The molecule has 0 aromatic carbocycles. The van der Waals surface area contributed by atoms with Crippen molar-refractivity contribution in [3.8, 4) is 0 Å². The molecule has 2 saturated heterocycles. The minimum Gasteiger partial charge on any atom is -0.376 e. The number of primary amides is 1. The van der Waals surface area contributed by atoms with Gasteiger partial charge in [-0.1, -0.05) is 0 Å². The van der Waals surface area contributed by atoms with Gasteiger partial charge in [-0.25, -0.2) is 0 Å². The number of ketones is 1. The fourth-order valence-electron chi connectivity index (χ4n) is 4.17. The maximum Gasteiger partial charge on any atom is 0.220 e. The van der Waals surface area contributed by atoms with E-state index in [0.717, 1.165) is 68.9 Å². The Hall–Kier alpha value is -1.66. The number of ether oxygens (including phenoxy) is 1. The molecule has 1 amide bonds. The molecule has 138 valence electrons. The monoisotopic (exact) mass is 348 g/mol. The fourth-order valence-corrected chi connectivity index (χ4v) is 4.17. The number of aromatic nitrogens is 1. The maximum atomic E-state index is 12.8. The first-order valence-corrected chi connectivity index (χ1v) is 9.40. The van der Waals surface area contributed by atoms with Crippen molar-refractivity contribution >= 4 is 11.7 Å². The van der Waals surface area contributed by atoms with Crippen LogP contribution < -0.4 is 10.6 Å². The zero-order chi connectivity index (χ0) is 18.0. The van der Waals surface area contributed by atoms with Crippen LogP contribution >= 0.6 is 0 Å². The van der Waals surface area contributed by atoms with Crippen LogP contribution in [0.15, 0.2) is 6.07 Å². The van der Waals surface area contributed by atoms with Crippen LogP contribution in [0, 0.1) is 19.8 Å². The van der Waals surface area contributed by atoms with Crippen molar-refractivity contribution in [2.45, 2.75) is 52.2 Å². The van der Waals surface area contributed by atoms with Crippen molar-refractivity contribution in [3.63, 3.8) is 0 Å². The van der Waals surface area contributed by atoms with Gasteiger partial charge in [0, 0.05) is 48.9 Å². The lowest BCUT2D eigenvalue weighted by molar-refractivity contribution is -0.897. The van der Waals surface area contributed by atoms with E-state index in [1.54, 1.807) is 0 Å². The molecule has 1 atom stereocenters. The van der Waals surface area contributed by atoms with Crippen LogP contribution in [0.1, 0.15) is 47.4 Å². The van der Waals surface area contributed by atoms with Gasteiger partial charge in [-0.15, -0.1) is 0 Å². The summed E-state index contributed by atoms with van der Waals surface area (Å²) in [4.78, 5) is 25.3. The van der Waals surface area contributed by atoms with E-state index < -0.39 is 0 Å². The number of likely N-dealkylation sites (tertiary alicyclic amines) is 1. The second-order valence-electron chi connectivity index (χ2n) is 7.56. The van der Waals surface area contributed by atoms with Crippen LogP contribution in [0.4, 0.5) is 0 Å². The molecular formula is C19H30N3O3+. The average molecular weight is 348 g/mol. The third kappa shape index (κ3) is 4.12. The number of piperidine rings is 1. The van der Waals surface area contributed by atoms with E-state index in [1.165, 1.54) is 4.90 Å². The summed E-state index contributed by atoms with van der Waals surface area (Å²) in [5.41, 5.74) is 8.39. The summed E-state index contributed by atoms with van der Waals surface area (Å²) in [6.45, 7) is 7.95. The van der Waals surface area contributed by atoms with E-state index in [9.17, 15) is 9.59 Å². The van der Waals surface area contributed by atoms with Gasteiger partial charge >= 0.3 is 0 Å². The lowest BCUT2D eigenvalue weighted by Gasteiger charge is -2.27. The summed E-state index contributed by atoms with van der Waals surface area (Å²) in [7, 11) is 0. The molecule has 6 nitrogen and oxygen atoms in total. The second-order valence-corrected chi connectivity index (χ2v) is 7.56. The molecule has 0 bridgehead atoms. The van der Waals surface area contributed by atoms with Gasteiger partial charge in [-0.05, 0) is 32.8 Å². The maximum absolute atomic E-state index is 12.8. The number of hydrogen-bond acceptors (Lipinski definition) is 3. The van der Waals surface area contributed by atoms with Crippen molar-refractivity contribution in [2.75, 3.05) is 26.2 Å². The zero-order valence-electron chi connectivity index (χ0n) is 15.3. The van der Waals surface area contributed by atoms with Crippen molar-refractivity contribution in [2.24, 2.45) is 11.7 Å². The molecule has 1 aromatic rings. The number of quaternary nitrogens is 1. The van der Waals surface area contributed by atoms with Crippen molar-refractivity contribution in [1.29, 1.82) is 0 Å². The van der Waals surface area contributed by atoms with E-state index in [0.29, 0.717) is 6.54 Å². The van der Waals surface area contributed by atoms with Crippen LogP contribution in [-0.4, -0.2) is 48.6 Å². The van der Waals surface area contributed by atoms with Crippen LogP contribution in [0.25, 0.3) is 0 Å². The number of carbonyl (C=O) groups excluding carboxylic acids is 2. The SMILES string of the molecule is Cc1cc(C(=O)C[NH+]2CCC(C(N)=O)CC2)c(C)n1C[C@H]1CCCO1. The van der Waals surface area contributed by atoms with Crippen LogP contribution in [0.2, 0.25) is 0 Å². The highest BCUT2D eigenvalue weighted by atomic mass is 16.5. The quantitative estimate of drug-likeness (QED) is 0.723. The second kappa shape index (κ2) is 7.70. The largest absolute Gasteiger partial charge is 0.376 e. The number of carbonyl (C=O) groups is 2. The van der Waals surface area contributed by atoms with E-state index >= 15 is 0 Å². The molecule has 0 unspecified atom stereocenters. The molecule has 1 aromatic heterocycles. The first-order valence-electron chi connectivity index (χ1n) is 9.40. The van der Waals surface area contributed by atoms with Gasteiger partial charge in [-0.3, -0.25) is 9.59 Å². The molecule has 2 aliphatic rings. The number of hydrogen-bond donors (Lipinski definition) is 2. The molecule has 0 aliphatic carbocycles. The third-order valence-corrected chi connectivity index (χ3v) is 5.79. The lowest BCUT2D eigenvalue weighted by Crippen LogP contribution is -3.14. The molecule has 3 heterocycles. The predicted octanol–water partition coefficient (Wildman–Crippen LogP) is 0.247. The molecule has 0 spiro atoms. The van der Waals surface area contributed by atoms with Crippen molar-refractivity contribution in [3.05, 3.63) is 23.0 Å². The Morgan fingerprint density at radius 2 is 2.00 bits per heavy atom. The average Bonchev–Trinajstić information content (AvgIpc) is 3.19. The highest BCUT2D eigenvalue weighted by Gasteiger charge is 2.28. The van der Waals surface area contributed by atoms with E-state index in [4.69, 9.17) is 10.5 Å². The minimum atomic E-state index is -0.206. The van der Waals surface area contributed by atoms with Gasteiger partial charge in [0.05, 0.1) is 19.2 Å². The topological polar surface area (TPSA) is 78.8 Å². The van der Waals surface area contributed by atoms with Crippen molar-refractivity contribution in [1.82, 2.24) is 4.57 Å². The Morgan fingerprint density at radius 1 is 1.28 bits per heavy atom. The van der Waals surface area contributed by atoms with E-state index in [2.05, 4.69) is 11.5 Å². The Labute approximate surface area is 149 Å². The van der Waals surface area contributed by atoms with Gasteiger partial charge in [0.25, 0.3) is 0 Å². The molecule has 3 rings (SSSR count). The number of nitrogens with two attached hydrogens (primary N) is 1. The van der Waals surface area contributed by atoms with Gasteiger partial charge in [0.2, 0.25) is 11.7 Å². The lowest BCUT2D eigenvalue weighted by atomic mass is 9.96. The Kier molecular flexibility index (Phi) is 5.59. The number of rotatable bonds is 6. The fraction of sp³-hybridized carbons (Fsp3) is 0.684. The Bertz CT molecular complexity index is 639. The van der Waals surface area contributed by atoms with E-state index in [1.807, 2.05) is 13.0 Å². The summed E-state index contributed by atoms with van der Waals surface area (Å²) in [5, 5.41) is 0. The summed E-state index contributed by atoms with van der Waals surface area (Å²) in [5.74, 6) is -0.0300. The van der Waals surface area contributed by atoms with Crippen LogP contribution in [-0.2, 0) is 16.1 Å². The molecule has 6 heteroatoms. The Balaban J connectivity index is 1.61. The number of nitrogens with one attached hydrogen (secondary N) is 1. The molecule has 3 N–H and O–H groups in total. The van der Waals surface area contributed by atoms with Gasteiger partial charge < -0.3 is 19.9 Å². The summed E-state index contributed by atoms with van der Waals surface area (Å²) in [6.07, 6.45) is 4.07. The number of aryl methyl sites for hydroxylation is 1. The number of Topliss-reactive ketones (excluding diaryl/α,β-unsaturated/α-hetero) is 1. The number of nitrogens with zero attached hydrogens (tertiary/aromatic N) is 1. The Morgan fingerprint density at radius 3 is 2.60 bits per heavy atom. The zero-order valence-corrected chi connectivity index (χ0v) is 15.3.